The summed E-state index contributed by atoms with van der Waals surface area (Å²) in [5.74, 6) is 0.684. The maximum absolute atomic E-state index is 11.1. The maximum atomic E-state index is 11.1. The Hall–Kier alpha value is -3.54. The molecule has 26 heavy (non-hydrogen) atoms. The van der Waals surface area contributed by atoms with Crippen LogP contribution >= 0.6 is 0 Å². The molecular weight excluding hydrogens is 326 g/mol. The molecule has 0 saturated heterocycles. The average Bonchev–Trinajstić information content (AvgIpc) is 3.06. The van der Waals surface area contributed by atoms with E-state index in [1.54, 1.807) is 4.52 Å². The normalized spacial score (nSPS) is 10.8. The molecule has 0 radical (unpaired) electrons. The smallest absolute Gasteiger partial charge is 0.221 e. The molecular formula is C20H17N5O. The van der Waals surface area contributed by atoms with Crippen LogP contribution in [0.2, 0.25) is 0 Å². The van der Waals surface area contributed by atoms with E-state index in [4.69, 9.17) is 5.10 Å². The van der Waals surface area contributed by atoms with Crippen LogP contribution in [0.1, 0.15) is 18.3 Å². The van der Waals surface area contributed by atoms with Crippen LogP contribution in [0.3, 0.4) is 0 Å². The molecule has 2 heterocycles. The van der Waals surface area contributed by atoms with E-state index in [0.717, 1.165) is 34.0 Å². The van der Waals surface area contributed by atoms with E-state index in [1.807, 2.05) is 66.7 Å². The Morgan fingerprint density at radius 1 is 0.962 bits per heavy atom. The van der Waals surface area contributed by atoms with Crippen LogP contribution < -0.4 is 5.32 Å². The summed E-state index contributed by atoms with van der Waals surface area (Å²) < 4.78 is 1.78. The molecule has 0 unspecified atom stereocenters. The summed E-state index contributed by atoms with van der Waals surface area (Å²) >= 11 is 0. The average molecular weight is 343 g/mol. The molecule has 2 aromatic heterocycles. The lowest BCUT2D eigenvalue weighted by atomic mass is 10.1. The predicted octanol–water partition coefficient (Wildman–Crippen LogP) is 3.34. The highest BCUT2D eigenvalue weighted by molar-refractivity contribution is 5.88. The molecule has 1 amide bonds. The van der Waals surface area contributed by atoms with E-state index in [0.29, 0.717) is 6.42 Å². The first-order valence-corrected chi connectivity index (χ1v) is 8.32. The Balaban J connectivity index is 1.63. The molecule has 0 spiro atoms. The van der Waals surface area contributed by atoms with Gasteiger partial charge in [0, 0.05) is 24.6 Å². The van der Waals surface area contributed by atoms with E-state index < -0.39 is 0 Å². The number of nitrogens with zero attached hydrogens (tertiary/aromatic N) is 4. The molecule has 6 heteroatoms. The first-order chi connectivity index (χ1) is 12.7. The standard InChI is InChI=1S/C20H17N5O/c1-14(26)21-17-9-7-15(8-10-17)13-20-23-22-19-12-11-18(24-25(19)20)16-5-3-2-4-6-16/h2-12H,13H2,1H3,(H,21,26). The predicted molar refractivity (Wildman–Crippen MR) is 99.8 cm³/mol. The number of nitrogens with one attached hydrogen (secondary N) is 1. The number of fused-ring (bicyclic) bond motifs is 1. The zero-order valence-electron chi connectivity index (χ0n) is 14.3. The number of rotatable bonds is 4. The number of hydrogen-bond donors (Lipinski definition) is 1. The monoisotopic (exact) mass is 343 g/mol. The number of hydrogen-bond acceptors (Lipinski definition) is 4. The molecule has 0 fully saturated rings. The number of carbonyl (C=O) groups excluding carboxylic acids is 1. The van der Waals surface area contributed by atoms with Crippen LogP contribution in [0.5, 0.6) is 0 Å². The maximum Gasteiger partial charge on any atom is 0.221 e. The summed E-state index contributed by atoms with van der Waals surface area (Å²) in [5, 5.41) is 15.9. The van der Waals surface area contributed by atoms with Crippen molar-refractivity contribution in [3.8, 4) is 11.3 Å². The van der Waals surface area contributed by atoms with Crippen LogP contribution in [0.25, 0.3) is 16.9 Å². The van der Waals surface area contributed by atoms with E-state index >= 15 is 0 Å². The Labute approximate surface area is 150 Å². The van der Waals surface area contributed by atoms with Crippen molar-refractivity contribution in [3.05, 3.63) is 78.1 Å². The summed E-state index contributed by atoms with van der Waals surface area (Å²) in [7, 11) is 0. The van der Waals surface area contributed by atoms with Crippen molar-refractivity contribution in [1.82, 2.24) is 19.8 Å². The number of carbonyl (C=O) groups is 1. The summed E-state index contributed by atoms with van der Waals surface area (Å²) in [4.78, 5) is 11.1. The van der Waals surface area contributed by atoms with Gasteiger partial charge in [-0.05, 0) is 29.8 Å². The van der Waals surface area contributed by atoms with Crippen LogP contribution in [0.15, 0.2) is 66.7 Å². The highest BCUT2D eigenvalue weighted by Gasteiger charge is 2.09. The van der Waals surface area contributed by atoms with Gasteiger partial charge in [-0.15, -0.1) is 10.2 Å². The number of aromatic nitrogens is 4. The molecule has 0 saturated carbocycles. The minimum Gasteiger partial charge on any atom is -0.326 e. The number of benzene rings is 2. The zero-order chi connectivity index (χ0) is 17.9. The molecule has 2 aromatic carbocycles. The molecule has 0 aliphatic carbocycles. The summed E-state index contributed by atoms with van der Waals surface area (Å²) in [6, 6.07) is 21.6. The van der Waals surface area contributed by atoms with Gasteiger partial charge < -0.3 is 5.32 Å². The zero-order valence-corrected chi connectivity index (χ0v) is 14.3. The van der Waals surface area contributed by atoms with Gasteiger partial charge in [-0.2, -0.15) is 9.61 Å². The van der Waals surface area contributed by atoms with Gasteiger partial charge in [-0.25, -0.2) is 0 Å². The fraction of sp³-hybridized carbons (Fsp3) is 0.100. The fourth-order valence-corrected chi connectivity index (χ4v) is 2.80. The molecule has 0 bridgehead atoms. The molecule has 128 valence electrons. The van der Waals surface area contributed by atoms with Gasteiger partial charge >= 0.3 is 0 Å². The SMILES string of the molecule is CC(=O)Nc1ccc(Cc2nnc3ccc(-c4ccccc4)nn23)cc1. The van der Waals surface area contributed by atoms with Crippen LogP contribution in [-0.2, 0) is 11.2 Å². The minimum atomic E-state index is -0.0844. The Bertz CT molecular complexity index is 1050. The highest BCUT2D eigenvalue weighted by Crippen LogP contribution is 2.18. The van der Waals surface area contributed by atoms with Crippen LogP contribution in [-0.4, -0.2) is 25.7 Å². The highest BCUT2D eigenvalue weighted by atomic mass is 16.1. The van der Waals surface area contributed by atoms with Crippen molar-refractivity contribution in [1.29, 1.82) is 0 Å². The van der Waals surface area contributed by atoms with Gasteiger partial charge in [0.2, 0.25) is 5.91 Å². The molecule has 4 rings (SSSR count). The van der Waals surface area contributed by atoms with Gasteiger partial charge in [-0.3, -0.25) is 4.79 Å². The number of amides is 1. The largest absolute Gasteiger partial charge is 0.326 e. The second-order valence-electron chi connectivity index (χ2n) is 6.03. The Morgan fingerprint density at radius 3 is 2.46 bits per heavy atom. The lowest BCUT2D eigenvalue weighted by Gasteiger charge is -2.05. The molecule has 0 aliphatic rings. The topological polar surface area (TPSA) is 72.2 Å². The third-order valence-corrected chi connectivity index (χ3v) is 4.03. The van der Waals surface area contributed by atoms with Crippen molar-refractivity contribution in [2.24, 2.45) is 0 Å². The first kappa shape index (κ1) is 16.0. The van der Waals surface area contributed by atoms with Gasteiger partial charge in [0.15, 0.2) is 11.5 Å². The molecule has 0 atom stereocenters. The second-order valence-corrected chi connectivity index (χ2v) is 6.03. The third-order valence-electron chi connectivity index (χ3n) is 4.03. The molecule has 1 N–H and O–H groups in total. The Kier molecular flexibility index (Phi) is 4.15. The first-order valence-electron chi connectivity index (χ1n) is 8.32. The van der Waals surface area contributed by atoms with Crippen molar-refractivity contribution in [2.45, 2.75) is 13.3 Å². The van der Waals surface area contributed by atoms with Crippen molar-refractivity contribution < 1.29 is 4.79 Å². The quantitative estimate of drug-likeness (QED) is 0.617. The fourth-order valence-electron chi connectivity index (χ4n) is 2.80. The van der Waals surface area contributed by atoms with Crippen molar-refractivity contribution in [2.75, 3.05) is 5.32 Å². The molecule has 6 nitrogen and oxygen atoms in total. The molecule has 0 aliphatic heterocycles. The van der Waals surface area contributed by atoms with Gasteiger partial charge in [0.1, 0.15) is 0 Å². The van der Waals surface area contributed by atoms with E-state index in [-0.39, 0.29) is 5.91 Å². The number of anilines is 1. The minimum absolute atomic E-state index is 0.0844. The third kappa shape index (κ3) is 3.30. The van der Waals surface area contributed by atoms with Crippen molar-refractivity contribution >= 4 is 17.2 Å². The second kappa shape index (κ2) is 6.76. The summed E-state index contributed by atoms with van der Waals surface area (Å²) in [5.41, 5.74) is 4.49. The van der Waals surface area contributed by atoms with Gasteiger partial charge in [0.25, 0.3) is 0 Å². The lowest BCUT2D eigenvalue weighted by Crippen LogP contribution is -2.05. The summed E-state index contributed by atoms with van der Waals surface area (Å²) in [6.45, 7) is 1.49. The van der Waals surface area contributed by atoms with Gasteiger partial charge in [-0.1, -0.05) is 42.5 Å². The Morgan fingerprint density at radius 2 is 1.73 bits per heavy atom. The van der Waals surface area contributed by atoms with E-state index in [1.165, 1.54) is 6.92 Å². The van der Waals surface area contributed by atoms with Crippen molar-refractivity contribution in [3.63, 3.8) is 0 Å². The van der Waals surface area contributed by atoms with Crippen LogP contribution in [0, 0.1) is 0 Å². The van der Waals surface area contributed by atoms with E-state index in [2.05, 4.69) is 15.5 Å². The van der Waals surface area contributed by atoms with Crippen LogP contribution in [0.4, 0.5) is 5.69 Å². The lowest BCUT2D eigenvalue weighted by molar-refractivity contribution is -0.114. The van der Waals surface area contributed by atoms with Gasteiger partial charge in [0.05, 0.1) is 5.69 Å². The van der Waals surface area contributed by atoms with E-state index in [9.17, 15) is 4.79 Å². The molecule has 4 aromatic rings. The summed E-state index contributed by atoms with van der Waals surface area (Å²) in [6.07, 6.45) is 0.604.